The van der Waals surface area contributed by atoms with E-state index < -0.39 is 6.10 Å². The number of amides is 1. The molecular formula is C15H24N2O3. The Bertz CT molecular complexity index is 435. The van der Waals surface area contributed by atoms with Crippen LogP contribution in [0.1, 0.15) is 25.8 Å². The van der Waals surface area contributed by atoms with E-state index in [1.807, 2.05) is 25.1 Å². The zero-order valence-electron chi connectivity index (χ0n) is 12.4. The number of nitrogens with two attached hydrogens (primary N) is 1. The first-order valence-electron chi connectivity index (χ1n) is 6.93. The second kappa shape index (κ2) is 8.43. The van der Waals surface area contributed by atoms with Crippen molar-refractivity contribution in [1.29, 1.82) is 0 Å². The van der Waals surface area contributed by atoms with Gasteiger partial charge in [0.2, 0.25) is 0 Å². The highest BCUT2D eigenvalue weighted by atomic mass is 16.5. The van der Waals surface area contributed by atoms with Crippen molar-refractivity contribution < 1.29 is 14.3 Å². The largest absolute Gasteiger partial charge is 0.497 e. The Kier molecular flexibility index (Phi) is 6.87. The number of hydrogen-bond donors (Lipinski definition) is 2. The summed E-state index contributed by atoms with van der Waals surface area (Å²) in [4.78, 5) is 11.8. The minimum atomic E-state index is -0.536. The molecule has 1 amide bonds. The molecule has 1 unspecified atom stereocenters. The third-order valence-electron chi connectivity index (χ3n) is 2.90. The van der Waals surface area contributed by atoms with E-state index in [4.69, 9.17) is 15.2 Å². The fourth-order valence-electron chi connectivity index (χ4n) is 1.78. The van der Waals surface area contributed by atoms with E-state index in [9.17, 15) is 4.79 Å². The third kappa shape index (κ3) is 4.74. The molecule has 0 saturated carbocycles. The van der Waals surface area contributed by atoms with Gasteiger partial charge in [-0.15, -0.1) is 0 Å². The Hall–Kier alpha value is -1.75. The van der Waals surface area contributed by atoms with Crippen molar-refractivity contribution in [3.05, 3.63) is 23.8 Å². The van der Waals surface area contributed by atoms with E-state index in [0.29, 0.717) is 25.3 Å². The zero-order valence-corrected chi connectivity index (χ0v) is 12.4. The summed E-state index contributed by atoms with van der Waals surface area (Å²) in [6.07, 6.45) is 1.04. The summed E-state index contributed by atoms with van der Waals surface area (Å²) in [5.41, 5.74) is 6.55. The standard InChI is InChI=1S/C15H24N2O3/c1-4-9-17-15(18)11(2)20-14-6-5-13(19-3)10-12(14)7-8-16/h5-6,10-11H,4,7-9,16H2,1-3H3,(H,17,18). The Labute approximate surface area is 120 Å². The maximum absolute atomic E-state index is 11.8. The van der Waals surface area contributed by atoms with Crippen LogP contribution in [-0.2, 0) is 11.2 Å². The highest BCUT2D eigenvalue weighted by Gasteiger charge is 2.16. The monoisotopic (exact) mass is 280 g/mol. The van der Waals surface area contributed by atoms with Gasteiger partial charge < -0.3 is 20.5 Å². The molecule has 0 aliphatic rings. The topological polar surface area (TPSA) is 73.6 Å². The number of carbonyl (C=O) groups excluding carboxylic acids is 1. The first-order valence-corrected chi connectivity index (χ1v) is 6.93. The van der Waals surface area contributed by atoms with Crippen LogP contribution in [0, 0.1) is 0 Å². The molecular weight excluding hydrogens is 256 g/mol. The summed E-state index contributed by atoms with van der Waals surface area (Å²) in [5.74, 6) is 1.32. The van der Waals surface area contributed by atoms with E-state index in [-0.39, 0.29) is 5.91 Å². The van der Waals surface area contributed by atoms with Gasteiger partial charge in [-0.2, -0.15) is 0 Å². The van der Waals surface area contributed by atoms with E-state index in [1.54, 1.807) is 14.0 Å². The lowest BCUT2D eigenvalue weighted by Gasteiger charge is -2.17. The quantitative estimate of drug-likeness (QED) is 0.756. The van der Waals surface area contributed by atoms with E-state index in [2.05, 4.69) is 5.32 Å². The minimum Gasteiger partial charge on any atom is -0.497 e. The first kappa shape index (κ1) is 16.3. The summed E-state index contributed by atoms with van der Waals surface area (Å²) in [6, 6.07) is 5.51. The predicted molar refractivity (Wildman–Crippen MR) is 79.1 cm³/mol. The molecule has 5 heteroatoms. The van der Waals surface area contributed by atoms with Crippen molar-refractivity contribution in [3.8, 4) is 11.5 Å². The van der Waals surface area contributed by atoms with Crippen LogP contribution in [0.3, 0.4) is 0 Å². The molecule has 1 rings (SSSR count). The van der Waals surface area contributed by atoms with Crippen LogP contribution < -0.4 is 20.5 Å². The van der Waals surface area contributed by atoms with Gasteiger partial charge in [0.05, 0.1) is 7.11 Å². The summed E-state index contributed by atoms with van der Waals surface area (Å²) in [5, 5.41) is 2.81. The van der Waals surface area contributed by atoms with Crippen LogP contribution in [0.4, 0.5) is 0 Å². The second-order valence-electron chi connectivity index (χ2n) is 4.56. The SMILES string of the molecule is CCCNC(=O)C(C)Oc1ccc(OC)cc1CCN. The van der Waals surface area contributed by atoms with Crippen LogP contribution in [0.25, 0.3) is 0 Å². The molecule has 1 atom stereocenters. The van der Waals surface area contributed by atoms with E-state index in [1.165, 1.54) is 0 Å². The van der Waals surface area contributed by atoms with Crippen molar-refractivity contribution in [3.63, 3.8) is 0 Å². The van der Waals surface area contributed by atoms with Gasteiger partial charge in [-0.1, -0.05) is 6.92 Å². The number of benzene rings is 1. The molecule has 20 heavy (non-hydrogen) atoms. The van der Waals surface area contributed by atoms with Gasteiger partial charge in [0.1, 0.15) is 11.5 Å². The number of hydrogen-bond acceptors (Lipinski definition) is 4. The summed E-state index contributed by atoms with van der Waals surface area (Å²) < 4.78 is 10.9. The van der Waals surface area contributed by atoms with Crippen LogP contribution in [0.15, 0.2) is 18.2 Å². The Morgan fingerprint density at radius 2 is 2.20 bits per heavy atom. The highest BCUT2D eigenvalue weighted by molar-refractivity contribution is 5.80. The summed E-state index contributed by atoms with van der Waals surface area (Å²) in [7, 11) is 1.61. The van der Waals surface area contributed by atoms with Crippen LogP contribution in [0.2, 0.25) is 0 Å². The van der Waals surface area contributed by atoms with Crippen molar-refractivity contribution >= 4 is 5.91 Å². The van der Waals surface area contributed by atoms with Gasteiger partial charge in [0, 0.05) is 6.54 Å². The van der Waals surface area contributed by atoms with E-state index in [0.717, 1.165) is 17.7 Å². The fraction of sp³-hybridized carbons (Fsp3) is 0.533. The molecule has 0 bridgehead atoms. The van der Waals surface area contributed by atoms with Crippen LogP contribution in [0.5, 0.6) is 11.5 Å². The lowest BCUT2D eigenvalue weighted by atomic mass is 10.1. The number of methoxy groups -OCH3 is 1. The predicted octanol–water partition coefficient (Wildman–Crippen LogP) is 1.49. The number of rotatable bonds is 8. The minimum absolute atomic E-state index is 0.110. The van der Waals surface area contributed by atoms with Crippen molar-refractivity contribution in [2.24, 2.45) is 5.73 Å². The van der Waals surface area contributed by atoms with Gasteiger partial charge in [-0.25, -0.2) is 0 Å². The van der Waals surface area contributed by atoms with Crippen LogP contribution >= 0.6 is 0 Å². The highest BCUT2D eigenvalue weighted by Crippen LogP contribution is 2.25. The normalized spacial score (nSPS) is 11.8. The number of ether oxygens (including phenoxy) is 2. The van der Waals surface area contributed by atoms with Gasteiger partial charge >= 0.3 is 0 Å². The lowest BCUT2D eigenvalue weighted by molar-refractivity contribution is -0.127. The van der Waals surface area contributed by atoms with Gasteiger partial charge in [-0.05, 0) is 50.1 Å². The molecule has 1 aromatic rings. The van der Waals surface area contributed by atoms with Crippen molar-refractivity contribution in [1.82, 2.24) is 5.32 Å². The molecule has 0 saturated heterocycles. The molecule has 0 heterocycles. The lowest BCUT2D eigenvalue weighted by Crippen LogP contribution is -2.36. The Balaban J connectivity index is 2.77. The van der Waals surface area contributed by atoms with Gasteiger partial charge in [0.25, 0.3) is 5.91 Å². The average Bonchev–Trinajstić information content (AvgIpc) is 2.46. The molecule has 3 N–H and O–H groups in total. The van der Waals surface area contributed by atoms with Gasteiger partial charge in [0.15, 0.2) is 6.10 Å². The Morgan fingerprint density at radius 1 is 1.45 bits per heavy atom. The maximum Gasteiger partial charge on any atom is 0.260 e. The summed E-state index contributed by atoms with van der Waals surface area (Å²) in [6.45, 7) is 4.92. The molecule has 0 spiro atoms. The van der Waals surface area contributed by atoms with E-state index >= 15 is 0 Å². The number of nitrogens with one attached hydrogen (secondary N) is 1. The molecule has 5 nitrogen and oxygen atoms in total. The average molecular weight is 280 g/mol. The molecule has 1 aromatic carbocycles. The van der Waals surface area contributed by atoms with Crippen molar-refractivity contribution in [2.45, 2.75) is 32.8 Å². The molecule has 0 aliphatic heterocycles. The molecule has 0 aromatic heterocycles. The molecule has 112 valence electrons. The molecule has 0 radical (unpaired) electrons. The maximum atomic E-state index is 11.8. The Morgan fingerprint density at radius 3 is 2.80 bits per heavy atom. The zero-order chi connectivity index (χ0) is 15.0. The fourth-order valence-corrected chi connectivity index (χ4v) is 1.78. The second-order valence-corrected chi connectivity index (χ2v) is 4.56. The summed E-state index contributed by atoms with van der Waals surface area (Å²) >= 11 is 0. The first-order chi connectivity index (χ1) is 9.62. The smallest absolute Gasteiger partial charge is 0.260 e. The van der Waals surface area contributed by atoms with Crippen molar-refractivity contribution in [2.75, 3.05) is 20.2 Å². The molecule has 0 aliphatic carbocycles. The number of carbonyl (C=O) groups is 1. The molecule has 0 fully saturated rings. The van der Waals surface area contributed by atoms with Crippen LogP contribution in [-0.4, -0.2) is 32.2 Å². The van der Waals surface area contributed by atoms with Gasteiger partial charge in [-0.3, -0.25) is 4.79 Å². The third-order valence-corrected chi connectivity index (χ3v) is 2.90.